The van der Waals surface area contributed by atoms with Crippen molar-refractivity contribution in [3.8, 4) is 5.75 Å². The van der Waals surface area contributed by atoms with E-state index in [2.05, 4.69) is 26.6 Å². The fourth-order valence-electron chi connectivity index (χ4n) is 3.11. The fourth-order valence-corrected chi connectivity index (χ4v) is 3.11. The van der Waals surface area contributed by atoms with Gasteiger partial charge in [0.05, 0.1) is 6.61 Å². The van der Waals surface area contributed by atoms with Crippen LogP contribution in [-0.2, 0) is 11.3 Å². The normalized spacial score (nSPS) is 19.4. The summed E-state index contributed by atoms with van der Waals surface area (Å²) in [7, 11) is 5.83. The van der Waals surface area contributed by atoms with Crippen LogP contribution in [-0.4, -0.2) is 76.6 Å². The number of likely N-dealkylation sites (N-methyl/N-ethyl adjacent to an activating group) is 1. The lowest BCUT2D eigenvalue weighted by Gasteiger charge is -2.27. The first-order valence-corrected chi connectivity index (χ1v) is 9.57. The molecule has 1 fully saturated rings. The SMILES string of the molecule is CN=C(NCc1ccccc1OCCN(C)C)NCC1(CCO)CCOC1.I. The number of hydrogen-bond acceptors (Lipinski definition) is 5. The Bertz CT molecular complexity index is 593. The summed E-state index contributed by atoms with van der Waals surface area (Å²) in [4.78, 5) is 6.41. The number of halogens is 1. The Hall–Kier alpha value is -1.10. The highest BCUT2D eigenvalue weighted by Gasteiger charge is 2.34. The second-order valence-corrected chi connectivity index (χ2v) is 7.31. The Balaban J connectivity index is 0.00000392. The molecule has 28 heavy (non-hydrogen) atoms. The van der Waals surface area contributed by atoms with Crippen LogP contribution in [0.1, 0.15) is 18.4 Å². The third kappa shape index (κ3) is 8.10. The van der Waals surface area contributed by atoms with Gasteiger partial charge in [0.1, 0.15) is 12.4 Å². The molecule has 1 aliphatic rings. The summed E-state index contributed by atoms with van der Waals surface area (Å²) in [5.74, 6) is 1.63. The summed E-state index contributed by atoms with van der Waals surface area (Å²) in [6.45, 7) is 4.50. The summed E-state index contributed by atoms with van der Waals surface area (Å²) >= 11 is 0. The molecule has 0 aliphatic carbocycles. The minimum atomic E-state index is -0.0143. The number of nitrogens with one attached hydrogen (secondary N) is 2. The summed E-state index contributed by atoms with van der Waals surface area (Å²) in [6, 6.07) is 8.05. The van der Waals surface area contributed by atoms with Gasteiger partial charge < -0.3 is 30.1 Å². The van der Waals surface area contributed by atoms with Crippen LogP contribution >= 0.6 is 24.0 Å². The van der Waals surface area contributed by atoms with E-state index in [4.69, 9.17) is 9.47 Å². The van der Waals surface area contributed by atoms with Gasteiger partial charge in [-0.05, 0) is 33.0 Å². The Kier molecular flexibility index (Phi) is 11.7. The number of nitrogens with zero attached hydrogens (tertiary/aromatic N) is 2. The lowest BCUT2D eigenvalue weighted by atomic mass is 9.84. The average Bonchev–Trinajstić information content (AvgIpc) is 3.12. The van der Waals surface area contributed by atoms with Crippen LogP contribution in [0.5, 0.6) is 5.75 Å². The van der Waals surface area contributed by atoms with Gasteiger partial charge in [-0.1, -0.05) is 18.2 Å². The summed E-state index contributed by atoms with van der Waals surface area (Å²) in [5, 5.41) is 16.1. The highest BCUT2D eigenvalue weighted by atomic mass is 127. The van der Waals surface area contributed by atoms with Gasteiger partial charge in [-0.2, -0.15) is 0 Å². The number of ether oxygens (including phenoxy) is 2. The predicted molar refractivity (Wildman–Crippen MR) is 124 cm³/mol. The number of para-hydroxylation sites is 1. The number of guanidine groups is 1. The summed E-state index contributed by atoms with van der Waals surface area (Å²) in [6.07, 6.45) is 1.69. The highest BCUT2D eigenvalue weighted by molar-refractivity contribution is 14.0. The monoisotopic (exact) mass is 506 g/mol. The van der Waals surface area contributed by atoms with Crippen LogP contribution in [0.4, 0.5) is 0 Å². The van der Waals surface area contributed by atoms with Gasteiger partial charge in [-0.25, -0.2) is 0 Å². The number of aliphatic imine (C=N–C) groups is 1. The Labute approximate surface area is 185 Å². The van der Waals surface area contributed by atoms with Crippen LogP contribution in [0.15, 0.2) is 29.3 Å². The molecular formula is C20H35IN4O3. The van der Waals surface area contributed by atoms with Gasteiger partial charge in [-0.3, -0.25) is 4.99 Å². The summed E-state index contributed by atoms with van der Waals surface area (Å²) < 4.78 is 11.5. The number of rotatable bonds is 10. The van der Waals surface area contributed by atoms with Crippen LogP contribution < -0.4 is 15.4 Å². The third-order valence-electron chi connectivity index (χ3n) is 4.90. The maximum absolute atomic E-state index is 9.36. The zero-order valence-corrected chi connectivity index (χ0v) is 19.6. The standard InChI is InChI=1S/C20H34N4O3.HI/c1-21-19(23-15-20(8-11-25)9-12-26-16-20)22-14-17-6-4-5-7-18(17)27-13-10-24(2)3;/h4-7,25H,8-16H2,1-3H3,(H2,21,22,23);1H. The topological polar surface area (TPSA) is 78.4 Å². The van der Waals surface area contributed by atoms with E-state index in [9.17, 15) is 5.11 Å². The first-order chi connectivity index (χ1) is 13.1. The maximum Gasteiger partial charge on any atom is 0.191 e. The van der Waals surface area contributed by atoms with Crippen molar-refractivity contribution in [1.82, 2.24) is 15.5 Å². The fraction of sp³-hybridized carbons (Fsp3) is 0.650. The van der Waals surface area contributed by atoms with E-state index in [0.717, 1.165) is 49.8 Å². The maximum atomic E-state index is 9.36. The van der Waals surface area contributed by atoms with Crippen molar-refractivity contribution in [3.05, 3.63) is 29.8 Å². The second kappa shape index (κ2) is 13.2. The van der Waals surface area contributed by atoms with Crippen molar-refractivity contribution < 1.29 is 14.6 Å². The molecule has 3 N–H and O–H groups in total. The highest BCUT2D eigenvalue weighted by Crippen LogP contribution is 2.31. The van der Waals surface area contributed by atoms with Crippen molar-refractivity contribution in [3.63, 3.8) is 0 Å². The minimum Gasteiger partial charge on any atom is -0.492 e. The zero-order valence-electron chi connectivity index (χ0n) is 17.2. The molecule has 8 heteroatoms. The molecular weight excluding hydrogens is 471 g/mol. The molecule has 0 bridgehead atoms. The molecule has 0 amide bonds. The molecule has 7 nitrogen and oxygen atoms in total. The quantitative estimate of drug-likeness (QED) is 0.255. The molecule has 1 aromatic carbocycles. The van der Waals surface area contributed by atoms with Gasteiger partial charge in [0.25, 0.3) is 0 Å². The van der Waals surface area contributed by atoms with Crippen molar-refractivity contribution in [1.29, 1.82) is 0 Å². The van der Waals surface area contributed by atoms with Crippen molar-refractivity contribution in [2.75, 3.05) is 60.7 Å². The Morgan fingerprint density at radius 3 is 2.75 bits per heavy atom. The Morgan fingerprint density at radius 2 is 2.11 bits per heavy atom. The van der Waals surface area contributed by atoms with E-state index in [1.807, 2.05) is 32.3 Å². The van der Waals surface area contributed by atoms with E-state index < -0.39 is 0 Å². The molecule has 1 unspecified atom stereocenters. The lowest BCUT2D eigenvalue weighted by molar-refractivity contribution is 0.127. The summed E-state index contributed by atoms with van der Waals surface area (Å²) in [5.41, 5.74) is 1.08. The number of benzene rings is 1. The largest absolute Gasteiger partial charge is 0.492 e. The molecule has 1 heterocycles. The van der Waals surface area contributed by atoms with Gasteiger partial charge >= 0.3 is 0 Å². The zero-order chi connectivity index (χ0) is 19.5. The van der Waals surface area contributed by atoms with Crippen LogP contribution in [0.25, 0.3) is 0 Å². The van der Waals surface area contributed by atoms with E-state index in [1.54, 1.807) is 7.05 Å². The lowest BCUT2D eigenvalue weighted by Crippen LogP contribution is -2.44. The van der Waals surface area contributed by atoms with Crippen molar-refractivity contribution >= 4 is 29.9 Å². The van der Waals surface area contributed by atoms with Crippen molar-refractivity contribution in [2.24, 2.45) is 10.4 Å². The third-order valence-corrected chi connectivity index (χ3v) is 4.90. The number of aliphatic hydroxyl groups is 1. The van der Waals surface area contributed by atoms with E-state index in [0.29, 0.717) is 19.8 Å². The van der Waals surface area contributed by atoms with E-state index in [1.165, 1.54) is 0 Å². The molecule has 1 aliphatic heterocycles. The average molecular weight is 506 g/mol. The number of aliphatic hydroxyl groups excluding tert-OH is 1. The molecule has 160 valence electrons. The molecule has 0 radical (unpaired) electrons. The van der Waals surface area contributed by atoms with Crippen molar-refractivity contribution in [2.45, 2.75) is 19.4 Å². The molecule has 2 rings (SSSR count). The molecule has 0 spiro atoms. The smallest absolute Gasteiger partial charge is 0.191 e. The first-order valence-electron chi connectivity index (χ1n) is 9.57. The van der Waals surface area contributed by atoms with E-state index >= 15 is 0 Å². The molecule has 1 saturated heterocycles. The van der Waals surface area contributed by atoms with E-state index in [-0.39, 0.29) is 36.0 Å². The second-order valence-electron chi connectivity index (χ2n) is 7.31. The van der Waals surface area contributed by atoms with Crippen LogP contribution in [0.2, 0.25) is 0 Å². The number of hydrogen-bond donors (Lipinski definition) is 3. The predicted octanol–water partition coefficient (Wildman–Crippen LogP) is 1.70. The Morgan fingerprint density at radius 1 is 1.32 bits per heavy atom. The van der Waals surface area contributed by atoms with Crippen LogP contribution in [0.3, 0.4) is 0 Å². The van der Waals surface area contributed by atoms with Gasteiger partial charge in [0.15, 0.2) is 5.96 Å². The minimum absolute atomic E-state index is 0. The van der Waals surface area contributed by atoms with Gasteiger partial charge in [0.2, 0.25) is 0 Å². The molecule has 1 atom stereocenters. The van der Waals surface area contributed by atoms with Crippen LogP contribution in [0, 0.1) is 5.41 Å². The first kappa shape index (κ1) is 24.9. The molecule has 0 aromatic heterocycles. The van der Waals surface area contributed by atoms with Gasteiger partial charge in [0, 0.05) is 50.9 Å². The molecule has 1 aromatic rings. The van der Waals surface area contributed by atoms with Gasteiger partial charge in [-0.15, -0.1) is 24.0 Å². The molecule has 0 saturated carbocycles.